The zero-order chi connectivity index (χ0) is 16.5. The Morgan fingerprint density at radius 1 is 0.913 bits per heavy atom. The highest BCUT2D eigenvalue weighted by Gasteiger charge is 2.08. The third kappa shape index (κ3) is 5.13. The molecule has 0 saturated heterocycles. The minimum absolute atomic E-state index is 0.752. The molecule has 0 fully saturated rings. The number of ether oxygens (including phenoxy) is 2. The summed E-state index contributed by atoms with van der Waals surface area (Å²) in [5.74, 6) is 1.97. The Balaban J connectivity index is 2.15. The van der Waals surface area contributed by atoms with E-state index in [1.165, 1.54) is 29.2 Å². The zero-order valence-electron chi connectivity index (χ0n) is 14.2. The Bertz CT molecular complexity index is 610. The van der Waals surface area contributed by atoms with Gasteiger partial charge in [0, 0.05) is 10.9 Å². The number of rotatable bonds is 10. The number of hydrogen-bond donors (Lipinski definition) is 0. The fourth-order valence-electron chi connectivity index (χ4n) is 2.72. The quantitative estimate of drug-likeness (QED) is 0.365. The van der Waals surface area contributed by atoms with E-state index in [4.69, 9.17) is 9.47 Å². The molecule has 0 saturated carbocycles. The molecule has 0 heterocycles. The van der Waals surface area contributed by atoms with Gasteiger partial charge in [-0.15, -0.1) is 0 Å². The maximum absolute atomic E-state index is 5.94. The topological polar surface area (TPSA) is 18.5 Å². The minimum atomic E-state index is 0.752. The Kier molecular flexibility index (Phi) is 7.73. The van der Waals surface area contributed by atoms with Crippen LogP contribution in [0.1, 0.15) is 45.1 Å². The molecule has 23 heavy (non-hydrogen) atoms. The van der Waals surface area contributed by atoms with Crippen LogP contribution in [0.25, 0.3) is 10.8 Å². The van der Waals surface area contributed by atoms with Crippen LogP contribution in [0.3, 0.4) is 0 Å². The van der Waals surface area contributed by atoms with Crippen molar-refractivity contribution in [3.8, 4) is 11.5 Å². The van der Waals surface area contributed by atoms with Gasteiger partial charge >= 0.3 is 0 Å². The van der Waals surface area contributed by atoms with Gasteiger partial charge in [-0.1, -0.05) is 54.8 Å². The monoisotopic (exact) mass is 378 g/mol. The summed E-state index contributed by atoms with van der Waals surface area (Å²) < 4.78 is 11.8. The SMILES string of the molecule is CCCCCOc1ccc2c(CC)c(OCCCBr)ccc2c1. The predicted molar refractivity (Wildman–Crippen MR) is 102 cm³/mol. The zero-order valence-corrected chi connectivity index (χ0v) is 15.8. The normalized spacial score (nSPS) is 10.9. The molecular weight excluding hydrogens is 352 g/mol. The second kappa shape index (κ2) is 9.82. The van der Waals surface area contributed by atoms with E-state index in [-0.39, 0.29) is 0 Å². The number of hydrogen-bond acceptors (Lipinski definition) is 2. The van der Waals surface area contributed by atoms with Crippen molar-refractivity contribution < 1.29 is 9.47 Å². The molecule has 2 nitrogen and oxygen atoms in total. The second-order valence-electron chi connectivity index (χ2n) is 5.73. The minimum Gasteiger partial charge on any atom is -0.494 e. The number of unbranched alkanes of at least 4 members (excludes halogenated alkanes) is 2. The molecule has 0 bridgehead atoms. The number of halogens is 1. The van der Waals surface area contributed by atoms with Crippen LogP contribution in [-0.4, -0.2) is 18.5 Å². The van der Waals surface area contributed by atoms with Gasteiger partial charge in [-0.25, -0.2) is 0 Å². The summed E-state index contributed by atoms with van der Waals surface area (Å²) in [6.07, 6.45) is 5.56. The van der Waals surface area contributed by atoms with Crippen LogP contribution in [0.15, 0.2) is 30.3 Å². The fourth-order valence-corrected chi connectivity index (χ4v) is 2.95. The van der Waals surface area contributed by atoms with Crippen molar-refractivity contribution in [1.29, 1.82) is 0 Å². The van der Waals surface area contributed by atoms with Gasteiger partial charge in [-0.05, 0) is 48.2 Å². The van der Waals surface area contributed by atoms with E-state index in [1.807, 2.05) is 0 Å². The Labute approximate surface area is 148 Å². The molecule has 0 aliphatic heterocycles. The van der Waals surface area contributed by atoms with Gasteiger partial charge < -0.3 is 9.47 Å². The molecule has 0 spiro atoms. The lowest BCUT2D eigenvalue weighted by Gasteiger charge is -2.14. The Hall–Kier alpha value is -1.22. The number of fused-ring (bicyclic) bond motifs is 1. The number of alkyl halides is 1. The third-order valence-electron chi connectivity index (χ3n) is 3.97. The van der Waals surface area contributed by atoms with E-state index in [2.05, 4.69) is 60.1 Å². The standard InChI is InChI=1S/C20H27BrO2/c1-3-5-6-13-22-17-9-10-19-16(15-17)8-11-20(18(19)4-2)23-14-7-12-21/h8-11,15H,3-7,12-14H2,1-2H3. The summed E-state index contributed by atoms with van der Waals surface area (Å²) in [5.41, 5.74) is 1.29. The average molecular weight is 379 g/mol. The lowest BCUT2D eigenvalue weighted by atomic mass is 10.0. The molecule has 0 amide bonds. The van der Waals surface area contributed by atoms with Crippen LogP contribution in [-0.2, 0) is 6.42 Å². The lowest BCUT2D eigenvalue weighted by molar-refractivity contribution is 0.306. The van der Waals surface area contributed by atoms with Crippen LogP contribution in [0.5, 0.6) is 11.5 Å². The first-order valence-electron chi connectivity index (χ1n) is 8.67. The van der Waals surface area contributed by atoms with Crippen LogP contribution < -0.4 is 9.47 Å². The molecule has 3 heteroatoms. The molecule has 0 aliphatic carbocycles. The van der Waals surface area contributed by atoms with Gasteiger partial charge in [0.15, 0.2) is 0 Å². The molecule has 2 aromatic carbocycles. The molecule has 0 aromatic heterocycles. The molecule has 0 N–H and O–H groups in total. The maximum Gasteiger partial charge on any atom is 0.123 e. The van der Waals surface area contributed by atoms with Crippen molar-refractivity contribution in [2.45, 2.75) is 46.0 Å². The predicted octanol–water partition coefficient (Wildman–Crippen LogP) is 6.14. The smallest absolute Gasteiger partial charge is 0.123 e. The highest BCUT2D eigenvalue weighted by atomic mass is 79.9. The van der Waals surface area contributed by atoms with Gasteiger partial charge in [-0.2, -0.15) is 0 Å². The van der Waals surface area contributed by atoms with Gasteiger partial charge in [-0.3, -0.25) is 0 Å². The average Bonchev–Trinajstić information content (AvgIpc) is 2.58. The van der Waals surface area contributed by atoms with Crippen LogP contribution in [0.2, 0.25) is 0 Å². The van der Waals surface area contributed by atoms with E-state index < -0.39 is 0 Å². The first-order valence-corrected chi connectivity index (χ1v) is 9.79. The molecule has 0 radical (unpaired) electrons. The number of benzene rings is 2. The second-order valence-corrected chi connectivity index (χ2v) is 6.52. The van der Waals surface area contributed by atoms with Gasteiger partial charge in [0.05, 0.1) is 13.2 Å². The van der Waals surface area contributed by atoms with E-state index >= 15 is 0 Å². The molecule has 0 unspecified atom stereocenters. The molecule has 0 aliphatic rings. The maximum atomic E-state index is 5.94. The van der Waals surface area contributed by atoms with Crippen molar-refractivity contribution in [3.05, 3.63) is 35.9 Å². The summed E-state index contributed by atoms with van der Waals surface area (Å²) in [6.45, 7) is 5.94. The molecule has 0 atom stereocenters. The van der Waals surface area contributed by atoms with Crippen molar-refractivity contribution in [2.24, 2.45) is 0 Å². The van der Waals surface area contributed by atoms with Crippen molar-refractivity contribution in [1.82, 2.24) is 0 Å². The van der Waals surface area contributed by atoms with Crippen LogP contribution >= 0.6 is 15.9 Å². The summed E-state index contributed by atoms with van der Waals surface area (Å²) in [7, 11) is 0. The molecule has 126 valence electrons. The highest BCUT2D eigenvalue weighted by molar-refractivity contribution is 9.09. The van der Waals surface area contributed by atoms with Gasteiger partial charge in [0.2, 0.25) is 0 Å². The first kappa shape index (κ1) is 18.1. The van der Waals surface area contributed by atoms with Crippen molar-refractivity contribution >= 4 is 26.7 Å². The Morgan fingerprint density at radius 2 is 1.74 bits per heavy atom. The summed E-state index contributed by atoms with van der Waals surface area (Å²) in [4.78, 5) is 0. The summed E-state index contributed by atoms with van der Waals surface area (Å²) in [6, 6.07) is 10.6. The van der Waals surface area contributed by atoms with Crippen molar-refractivity contribution in [2.75, 3.05) is 18.5 Å². The van der Waals surface area contributed by atoms with Gasteiger partial charge in [0.1, 0.15) is 11.5 Å². The third-order valence-corrected chi connectivity index (χ3v) is 4.53. The number of aryl methyl sites for hydroxylation is 1. The lowest BCUT2D eigenvalue weighted by Crippen LogP contribution is -2.01. The fraction of sp³-hybridized carbons (Fsp3) is 0.500. The summed E-state index contributed by atoms with van der Waals surface area (Å²) >= 11 is 3.44. The van der Waals surface area contributed by atoms with Gasteiger partial charge in [0.25, 0.3) is 0 Å². The summed E-state index contributed by atoms with van der Waals surface area (Å²) in [5, 5.41) is 3.47. The molecule has 2 rings (SSSR count). The van der Waals surface area contributed by atoms with Crippen LogP contribution in [0.4, 0.5) is 0 Å². The largest absolute Gasteiger partial charge is 0.494 e. The van der Waals surface area contributed by atoms with E-state index in [9.17, 15) is 0 Å². The Morgan fingerprint density at radius 3 is 2.48 bits per heavy atom. The first-order chi connectivity index (χ1) is 11.3. The highest BCUT2D eigenvalue weighted by Crippen LogP contribution is 2.31. The van der Waals surface area contributed by atoms with E-state index in [0.29, 0.717) is 0 Å². The molecular formula is C20H27BrO2. The van der Waals surface area contributed by atoms with E-state index in [0.717, 1.165) is 49.3 Å². The van der Waals surface area contributed by atoms with Crippen LogP contribution in [0, 0.1) is 0 Å². The molecule has 2 aromatic rings. The van der Waals surface area contributed by atoms with Crippen molar-refractivity contribution in [3.63, 3.8) is 0 Å². The van der Waals surface area contributed by atoms with E-state index in [1.54, 1.807) is 0 Å².